The van der Waals surface area contributed by atoms with Gasteiger partial charge in [-0.15, -0.1) is 0 Å². The average Bonchev–Trinajstić information content (AvgIpc) is 3.05. The summed E-state index contributed by atoms with van der Waals surface area (Å²) in [5.41, 5.74) is 0.741. The Morgan fingerprint density at radius 2 is 2.13 bits per heavy atom. The predicted molar refractivity (Wildman–Crippen MR) is 80.4 cm³/mol. The predicted octanol–water partition coefficient (Wildman–Crippen LogP) is 1.80. The van der Waals surface area contributed by atoms with Crippen molar-refractivity contribution in [3.63, 3.8) is 0 Å². The summed E-state index contributed by atoms with van der Waals surface area (Å²) >= 11 is 0. The van der Waals surface area contributed by atoms with Gasteiger partial charge in [-0.2, -0.15) is 4.98 Å². The van der Waals surface area contributed by atoms with Gasteiger partial charge < -0.3 is 14.9 Å². The SMILES string of the molecule is O=C(CCc1nc(-c2cccnc2)no1)Nc1ncccc1O. The van der Waals surface area contributed by atoms with E-state index >= 15 is 0 Å². The number of carbonyl (C=O) groups is 1. The fourth-order valence-electron chi connectivity index (χ4n) is 1.88. The molecule has 0 aliphatic carbocycles. The van der Waals surface area contributed by atoms with Crippen LogP contribution in [0.4, 0.5) is 5.82 Å². The zero-order chi connectivity index (χ0) is 16.1. The highest BCUT2D eigenvalue weighted by Gasteiger charge is 2.12. The van der Waals surface area contributed by atoms with E-state index in [9.17, 15) is 9.90 Å². The normalized spacial score (nSPS) is 10.4. The van der Waals surface area contributed by atoms with Crippen LogP contribution in [0.1, 0.15) is 12.3 Å². The molecule has 8 heteroatoms. The van der Waals surface area contributed by atoms with E-state index in [0.717, 1.165) is 5.56 Å². The van der Waals surface area contributed by atoms with Gasteiger partial charge in [0.15, 0.2) is 11.6 Å². The van der Waals surface area contributed by atoms with Gasteiger partial charge in [-0.05, 0) is 24.3 Å². The van der Waals surface area contributed by atoms with E-state index in [2.05, 4.69) is 25.4 Å². The molecule has 2 N–H and O–H groups in total. The van der Waals surface area contributed by atoms with Crippen molar-refractivity contribution in [2.24, 2.45) is 0 Å². The molecule has 0 bridgehead atoms. The van der Waals surface area contributed by atoms with Crippen molar-refractivity contribution in [1.29, 1.82) is 0 Å². The van der Waals surface area contributed by atoms with Crippen LogP contribution in [-0.4, -0.2) is 31.1 Å². The van der Waals surface area contributed by atoms with Crippen LogP contribution in [0.5, 0.6) is 5.75 Å². The highest BCUT2D eigenvalue weighted by Crippen LogP contribution is 2.19. The molecule has 0 radical (unpaired) electrons. The van der Waals surface area contributed by atoms with Gasteiger partial charge in [-0.3, -0.25) is 9.78 Å². The highest BCUT2D eigenvalue weighted by molar-refractivity contribution is 5.91. The topological polar surface area (TPSA) is 114 Å². The molecular weight excluding hydrogens is 298 g/mol. The Balaban J connectivity index is 1.58. The number of hydrogen-bond donors (Lipinski definition) is 2. The van der Waals surface area contributed by atoms with Gasteiger partial charge in [0.2, 0.25) is 17.6 Å². The molecule has 23 heavy (non-hydrogen) atoms. The lowest BCUT2D eigenvalue weighted by molar-refractivity contribution is -0.116. The summed E-state index contributed by atoms with van der Waals surface area (Å²) in [5.74, 6) is 0.511. The molecule has 0 atom stereocenters. The molecule has 3 aromatic rings. The standard InChI is InChI=1S/C15H13N5O3/c21-11-4-2-8-17-15(11)18-12(22)5-6-13-19-14(20-23-13)10-3-1-7-16-9-10/h1-4,7-9,21H,5-6H2,(H,17,18,22). The van der Waals surface area contributed by atoms with E-state index in [4.69, 9.17) is 4.52 Å². The summed E-state index contributed by atoms with van der Waals surface area (Å²) in [5, 5.41) is 15.9. The number of hydrogen-bond acceptors (Lipinski definition) is 7. The quantitative estimate of drug-likeness (QED) is 0.738. The first-order valence-corrected chi connectivity index (χ1v) is 6.89. The molecule has 0 fully saturated rings. The van der Waals surface area contributed by atoms with Crippen molar-refractivity contribution < 1.29 is 14.4 Å². The van der Waals surface area contributed by atoms with Crippen LogP contribution in [0.25, 0.3) is 11.4 Å². The maximum absolute atomic E-state index is 11.9. The minimum absolute atomic E-state index is 0.0856. The van der Waals surface area contributed by atoms with Crippen LogP contribution in [0.15, 0.2) is 47.4 Å². The first-order valence-electron chi connectivity index (χ1n) is 6.89. The smallest absolute Gasteiger partial charge is 0.227 e. The molecular formula is C15H13N5O3. The van der Waals surface area contributed by atoms with Crippen LogP contribution in [-0.2, 0) is 11.2 Å². The Labute approximate surface area is 131 Å². The molecule has 0 aliphatic heterocycles. The van der Waals surface area contributed by atoms with Crippen LogP contribution in [0.2, 0.25) is 0 Å². The molecule has 8 nitrogen and oxygen atoms in total. The zero-order valence-corrected chi connectivity index (χ0v) is 12.0. The van der Waals surface area contributed by atoms with E-state index in [1.54, 1.807) is 24.5 Å². The van der Waals surface area contributed by atoms with Crippen molar-refractivity contribution in [1.82, 2.24) is 20.1 Å². The summed E-state index contributed by atoms with van der Waals surface area (Å²) in [7, 11) is 0. The molecule has 0 aliphatic rings. The number of aromatic nitrogens is 4. The van der Waals surface area contributed by atoms with Crippen molar-refractivity contribution in [2.45, 2.75) is 12.8 Å². The molecule has 1 amide bonds. The molecule has 0 saturated heterocycles. The Hall–Kier alpha value is -3.29. The molecule has 0 saturated carbocycles. The Kier molecular flexibility index (Phi) is 4.23. The second kappa shape index (κ2) is 6.65. The van der Waals surface area contributed by atoms with Crippen molar-refractivity contribution in [3.05, 3.63) is 48.7 Å². The lowest BCUT2D eigenvalue weighted by Gasteiger charge is -2.04. The van der Waals surface area contributed by atoms with Gasteiger partial charge in [0.25, 0.3) is 0 Å². The highest BCUT2D eigenvalue weighted by atomic mass is 16.5. The lowest BCUT2D eigenvalue weighted by atomic mass is 10.2. The van der Waals surface area contributed by atoms with E-state index in [0.29, 0.717) is 11.7 Å². The maximum atomic E-state index is 11.9. The molecule has 3 aromatic heterocycles. The van der Waals surface area contributed by atoms with Crippen LogP contribution in [0.3, 0.4) is 0 Å². The summed E-state index contributed by atoms with van der Waals surface area (Å²) in [6.45, 7) is 0. The number of amides is 1. The van der Waals surface area contributed by atoms with E-state index < -0.39 is 0 Å². The second-order valence-corrected chi connectivity index (χ2v) is 4.67. The fourth-order valence-corrected chi connectivity index (χ4v) is 1.88. The summed E-state index contributed by atoms with van der Waals surface area (Å²) in [6, 6.07) is 6.61. The van der Waals surface area contributed by atoms with Gasteiger partial charge in [-0.1, -0.05) is 5.16 Å². The van der Waals surface area contributed by atoms with E-state index in [1.165, 1.54) is 12.3 Å². The number of carbonyl (C=O) groups excluding carboxylic acids is 1. The Morgan fingerprint density at radius 1 is 1.26 bits per heavy atom. The largest absolute Gasteiger partial charge is 0.504 e. The number of aryl methyl sites for hydroxylation is 1. The number of pyridine rings is 2. The van der Waals surface area contributed by atoms with Crippen molar-refractivity contribution >= 4 is 11.7 Å². The Bertz CT molecular complexity index is 804. The van der Waals surface area contributed by atoms with Crippen molar-refractivity contribution in [2.75, 3.05) is 5.32 Å². The minimum Gasteiger partial charge on any atom is -0.504 e. The van der Waals surface area contributed by atoms with E-state index in [1.807, 2.05) is 6.07 Å². The average molecular weight is 311 g/mol. The number of aromatic hydroxyl groups is 1. The van der Waals surface area contributed by atoms with Gasteiger partial charge in [0.1, 0.15) is 0 Å². The fraction of sp³-hybridized carbons (Fsp3) is 0.133. The first-order chi connectivity index (χ1) is 11.2. The summed E-state index contributed by atoms with van der Waals surface area (Å²) in [6.07, 6.45) is 5.18. The number of nitrogens with zero attached hydrogens (tertiary/aromatic N) is 4. The molecule has 0 aromatic carbocycles. The van der Waals surface area contributed by atoms with Crippen LogP contribution in [0, 0.1) is 0 Å². The minimum atomic E-state index is -0.305. The van der Waals surface area contributed by atoms with Gasteiger partial charge in [0, 0.05) is 37.0 Å². The molecule has 116 valence electrons. The molecule has 0 unspecified atom stereocenters. The second-order valence-electron chi connectivity index (χ2n) is 4.67. The van der Waals surface area contributed by atoms with Gasteiger partial charge >= 0.3 is 0 Å². The number of rotatable bonds is 5. The van der Waals surface area contributed by atoms with Crippen LogP contribution >= 0.6 is 0 Å². The lowest BCUT2D eigenvalue weighted by Crippen LogP contribution is -2.13. The maximum Gasteiger partial charge on any atom is 0.227 e. The van der Waals surface area contributed by atoms with Crippen LogP contribution < -0.4 is 5.32 Å². The zero-order valence-electron chi connectivity index (χ0n) is 12.0. The monoisotopic (exact) mass is 311 g/mol. The first kappa shape index (κ1) is 14.6. The Morgan fingerprint density at radius 3 is 2.91 bits per heavy atom. The van der Waals surface area contributed by atoms with E-state index in [-0.39, 0.29) is 30.3 Å². The number of nitrogens with one attached hydrogen (secondary N) is 1. The van der Waals surface area contributed by atoms with Gasteiger partial charge in [0.05, 0.1) is 0 Å². The molecule has 0 spiro atoms. The summed E-state index contributed by atoms with van der Waals surface area (Å²) in [4.78, 5) is 23.9. The third kappa shape index (κ3) is 3.67. The summed E-state index contributed by atoms with van der Waals surface area (Å²) < 4.78 is 5.11. The molecule has 3 rings (SSSR count). The molecule has 3 heterocycles. The third-order valence-electron chi connectivity index (χ3n) is 3.00. The van der Waals surface area contributed by atoms with Crippen molar-refractivity contribution in [3.8, 4) is 17.1 Å². The van der Waals surface area contributed by atoms with Gasteiger partial charge in [-0.25, -0.2) is 4.98 Å². The third-order valence-corrected chi connectivity index (χ3v) is 3.00. The number of anilines is 1.